The van der Waals surface area contributed by atoms with Gasteiger partial charge in [0.25, 0.3) is 0 Å². The third-order valence-electron chi connectivity index (χ3n) is 5.74. The highest BCUT2D eigenvalue weighted by Gasteiger charge is 2.59. The highest BCUT2D eigenvalue weighted by Crippen LogP contribution is 2.52. The molecule has 1 saturated heterocycles. The van der Waals surface area contributed by atoms with Gasteiger partial charge >= 0.3 is 0 Å². The summed E-state index contributed by atoms with van der Waals surface area (Å²) in [5, 5.41) is 3.23. The van der Waals surface area contributed by atoms with Crippen molar-refractivity contribution in [3.05, 3.63) is 77.9 Å². The number of anilines is 1. The summed E-state index contributed by atoms with van der Waals surface area (Å²) in [6.07, 6.45) is 8.12. The van der Waals surface area contributed by atoms with Gasteiger partial charge in [0, 0.05) is 16.7 Å². The van der Waals surface area contributed by atoms with Crippen molar-refractivity contribution in [3.8, 4) is 5.75 Å². The molecule has 2 aliphatic rings. The minimum Gasteiger partial charge on any atom is -0.496 e. The van der Waals surface area contributed by atoms with Crippen LogP contribution in [0.2, 0.25) is 0 Å². The van der Waals surface area contributed by atoms with Crippen LogP contribution in [0.15, 0.2) is 66.8 Å². The van der Waals surface area contributed by atoms with Gasteiger partial charge in [-0.1, -0.05) is 68.5 Å². The maximum atomic E-state index is 12.3. The number of allylic oxidation sites excluding steroid dienone is 2. The molecule has 1 atom stereocenters. The zero-order valence-electron chi connectivity index (χ0n) is 15.9. The second kappa shape index (κ2) is 6.31. The van der Waals surface area contributed by atoms with Crippen LogP contribution in [0.5, 0.6) is 5.75 Å². The average Bonchev–Trinajstić information content (AvgIpc) is 3.10. The summed E-state index contributed by atoms with van der Waals surface area (Å²) in [5.41, 5.74) is 2.59. The number of hydrogen-bond donors (Lipinski definition) is 1. The minimum absolute atomic E-state index is 0.0518. The molecule has 0 spiro atoms. The van der Waals surface area contributed by atoms with E-state index in [1.165, 1.54) is 5.56 Å². The lowest BCUT2D eigenvalue weighted by molar-refractivity contribution is -0.118. The molecule has 1 N–H and O–H groups in total. The van der Waals surface area contributed by atoms with E-state index in [1.807, 2.05) is 48.6 Å². The van der Waals surface area contributed by atoms with Crippen molar-refractivity contribution in [2.75, 3.05) is 18.6 Å². The lowest BCUT2D eigenvalue weighted by atomic mass is 9.75. The molecule has 4 nitrogen and oxygen atoms in total. The van der Waals surface area contributed by atoms with Gasteiger partial charge in [-0.15, -0.1) is 0 Å². The topological polar surface area (TPSA) is 41.6 Å². The van der Waals surface area contributed by atoms with E-state index in [9.17, 15) is 4.79 Å². The molecule has 2 heterocycles. The number of carbonyl (C=O) groups is 1. The van der Waals surface area contributed by atoms with E-state index in [2.05, 4.69) is 48.3 Å². The second-order valence-corrected chi connectivity index (χ2v) is 7.50. The second-order valence-electron chi connectivity index (χ2n) is 7.50. The number of nitrogens with zero attached hydrogens (tertiary/aromatic N) is 1. The van der Waals surface area contributed by atoms with Gasteiger partial charge in [-0.2, -0.15) is 0 Å². The van der Waals surface area contributed by atoms with Crippen LogP contribution in [0.1, 0.15) is 25.0 Å². The number of amides is 1. The Hall–Kier alpha value is -3.01. The first-order valence-electron chi connectivity index (χ1n) is 9.17. The number of rotatable bonds is 4. The van der Waals surface area contributed by atoms with Crippen LogP contribution in [0.25, 0.3) is 6.08 Å². The smallest absolute Gasteiger partial charge is 0.241 e. The average molecular weight is 360 g/mol. The molecular formula is C23H24N2O2. The van der Waals surface area contributed by atoms with Crippen molar-refractivity contribution in [2.45, 2.75) is 24.9 Å². The number of methoxy groups -OCH3 is 1. The Morgan fingerprint density at radius 1 is 1.07 bits per heavy atom. The fourth-order valence-electron chi connectivity index (χ4n) is 4.30. The van der Waals surface area contributed by atoms with Crippen molar-refractivity contribution in [1.82, 2.24) is 5.32 Å². The summed E-state index contributed by atoms with van der Waals surface area (Å²) < 4.78 is 5.39. The molecule has 0 aromatic heterocycles. The third-order valence-corrected chi connectivity index (χ3v) is 5.74. The Bertz CT molecular complexity index is 945. The van der Waals surface area contributed by atoms with Gasteiger partial charge in [-0.05, 0) is 23.8 Å². The number of para-hydroxylation sites is 2. The molecule has 0 unspecified atom stereocenters. The number of hydrogen-bond acceptors (Lipinski definition) is 3. The Balaban J connectivity index is 1.68. The fraction of sp³-hybridized carbons (Fsp3) is 0.261. The largest absolute Gasteiger partial charge is 0.496 e. The van der Waals surface area contributed by atoms with E-state index < -0.39 is 5.66 Å². The van der Waals surface area contributed by atoms with Crippen LogP contribution in [0, 0.1) is 0 Å². The molecular weight excluding hydrogens is 336 g/mol. The molecule has 2 aliphatic heterocycles. The summed E-state index contributed by atoms with van der Waals surface area (Å²) >= 11 is 0. The van der Waals surface area contributed by atoms with Gasteiger partial charge in [0.05, 0.1) is 13.7 Å². The monoisotopic (exact) mass is 360 g/mol. The minimum atomic E-state index is -0.557. The van der Waals surface area contributed by atoms with E-state index in [4.69, 9.17) is 4.74 Å². The first-order valence-corrected chi connectivity index (χ1v) is 9.17. The quantitative estimate of drug-likeness (QED) is 0.841. The summed E-state index contributed by atoms with van der Waals surface area (Å²) in [7, 11) is 1.67. The van der Waals surface area contributed by atoms with Gasteiger partial charge in [0.15, 0.2) is 0 Å². The molecule has 0 bridgehead atoms. The lowest BCUT2D eigenvalue weighted by Gasteiger charge is -2.40. The molecule has 138 valence electrons. The Morgan fingerprint density at radius 3 is 2.63 bits per heavy atom. The SMILES string of the molecule is COc1ccccc1C=CC=C[C@]12NC(=O)CN1c1ccccc1C2(C)C. The highest BCUT2D eigenvalue weighted by molar-refractivity contribution is 5.91. The van der Waals surface area contributed by atoms with E-state index in [1.54, 1.807) is 7.11 Å². The van der Waals surface area contributed by atoms with Crippen molar-refractivity contribution in [1.29, 1.82) is 0 Å². The van der Waals surface area contributed by atoms with E-state index in [0.29, 0.717) is 6.54 Å². The van der Waals surface area contributed by atoms with Crippen molar-refractivity contribution >= 4 is 17.7 Å². The normalized spacial score (nSPS) is 22.9. The summed E-state index contributed by atoms with van der Waals surface area (Å²) in [5.74, 6) is 0.889. The number of nitrogens with one attached hydrogen (secondary N) is 1. The molecule has 1 fully saturated rings. The van der Waals surface area contributed by atoms with Crippen LogP contribution < -0.4 is 15.0 Å². The Labute approximate surface area is 160 Å². The predicted octanol–water partition coefficient (Wildman–Crippen LogP) is 3.89. The molecule has 2 aromatic carbocycles. The molecule has 4 rings (SSSR count). The van der Waals surface area contributed by atoms with E-state index in [-0.39, 0.29) is 11.3 Å². The molecule has 2 aromatic rings. The Morgan fingerprint density at radius 2 is 1.81 bits per heavy atom. The highest BCUT2D eigenvalue weighted by atomic mass is 16.5. The standard InChI is InChI=1S/C23H24N2O2/c1-22(2)18-12-5-6-13-19(18)25-16-21(26)24-23(22,25)15-9-8-11-17-10-4-7-14-20(17)27-3/h4-15H,16H2,1-3H3,(H,24,26)/t23-/m0/s1. The third kappa shape index (κ3) is 2.55. The van der Waals surface area contributed by atoms with E-state index >= 15 is 0 Å². The molecule has 0 radical (unpaired) electrons. The Kier molecular flexibility index (Phi) is 4.06. The fourth-order valence-corrected chi connectivity index (χ4v) is 4.30. The first kappa shape index (κ1) is 17.4. The summed E-state index contributed by atoms with van der Waals surface area (Å²) in [6, 6.07) is 16.2. The molecule has 1 amide bonds. The zero-order chi connectivity index (χ0) is 19.1. The zero-order valence-corrected chi connectivity index (χ0v) is 15.9. The van der Waals surface area contributed by atoms with Gasteiger partial charge in [-0.3, -0.25) is 4.79 Å². The number of ether oxygens (including phenoxy) is 1. The number of carbonyl (C=O) groups excluding carboxylic acids is 1. The lowest BCUT2D eigenvalue weighted by Crippen LogP contribution is -2.58. The van der Waals surface area contributed by atoms with Crippen LogP contribution in [-0.2, 0) is 10.2 Å². The summed E-state index contributed by atoms with van der Waals surface area (Å²) in [6.45, 7) is 4.75. The number of fused-ring (bicyclic) bond motifs is 3. The van der Waals surface area contributed by atoms with Gasteiger partial charge in [-0.25, -0.2) is 0 Å². The first-order chi connectivity index (χ1) is 13.0. The van der Waals surface area contributed by atoms with Gasteiger partial charge in [0.2, 0.25) is 5.91 Å². The molecule has 0 saturated carbocycles. The van der Waals surface area contributed by atoms with Crippen LogP contribution >= 0.6 is 0 Å². The van der Waals surface area contributed by atoms with E-state index in [0.717, 1.165) is 17.0 Å². The van der Waals surface area contributed by atoms with Gasteiger partial charge < -0.3 is 15.0 Å². The number of benzene rings is 2. The predicted molar refractivity (Wildman–Crippen MR) is 109 cm³/mol. The van der Waals surface area contributed by atoms with Crippen molar-refractivity contribution in [2.24, 2.45) is 0 Å². The molecule has 0 aliphatic carbocycles. The van der Waals surface area contributed by atoms with Gasteiger partial charge in [0.1, 0.15) is 11.4 Å². The van der Waals surface area contributed by atoms with Crippen molar-refractivity contribution < 1.29 is 9.53 Å². The van der Waals surface area contributed by atoms with Crippen LogP contribution in [0.4, 0.5) is 5.69 Å². The van der Waals surface area contributed by atoms with Crippen molar-refractivity contribution in [3.63, 3.8) is 0 Å². The molecule has 4 heteroatoms. The van der Waals surface area contributed by atoms with Crippen LogP contribution in [0.3, 0.4) is 0 Å². The van der Waals surface area contributed by atoms with Crippen LogP contribution in [-0.4, -0.2) is 25.2 Å². The maximum absolute atomic E-state index is 12.3. The maximum Gasteiger partial charge on any atom is 0.241 e. The molecule has 27 heavy (non-hydrogen) atoms. The summed E-state index contributed by atoms with van der Waals surface area (Å²) in [4.78, 5) is 14.5.